The van der Waals surface area contributed by atoms with Gasteiger partial charge in [-0.05, 0) is 26.0 Å². The molecule has 2 aromatic heterocycles. The van der Waals surface area contributed by atoms with Crippen LogP contribution in [0.3, 0.4) is 0 Å². The Kier molecular flexibility index (Phi) is 8.73. The number of nitrogens with one attached hydrogen (secondary N) is 2. The molecule has 0 radical (unpaired) electrons. The summed E-state index contributed by atoms with van der Waals surface area (Å²) in [4.78, 5) is 10.3. The number of thiazole rings is 1. The van der Waals surface area contributed by atoms with E-state index in [-0.39, 0.29) is 24.0 Å². The van der Waals surface area contributed by atoms with E-state index >= 15 is 0 Å². The van der Waals surface area contributed by atoms with Crippen molar-refractivity contribution >= 4 is 41.3 Å². The Bertz CT molecular complexity index is 843. The number of halogens is 1. The summed E-state index contributed by atoms with van der Waals surface area (Å²) >= 11 is 1.74. The number of hydrogen-bond donors (Lipinski definition) is 2. The molecule has 0 aliphatic heterocycles. The van der Waals surface area contributed by atoms with Crippen LogP contribution < -0.4 is 10.6 Å². The molecule has 8 heteroatoms. The molecule has 0 bridgehead atoms. The number of aliphatic imine (C=N–C) groups is 1. The van der Waals surface area contributed by atoms with Crippen molar-refractivity contribution in [3.8, 4) is 5.69 Å². The van der Waals surface area contributed by atoms with E-state index in [2.05, 4.69) is 39.6 Å². The third-order valence-corrected chi connectivity index (χ3v) is 4.69. The lowest BCUT2D eigenvalue weighted by atomic mass is 10.3. The molecule has 2 N–H and O–H groups in total. The van der Waals surface area contributed by atoms with Crippen LogP contribution in [0.15, 0.2) is 53.9 Å². The largest absolute Gasteiger partial charge is 0.357 e. The fourth-order valence-corrected chi connectivity index (χ4v) is 3.27. The predicted octanol–water partition coefficient (Wildman–Crippen LogP) is 3.55. The van der Waals surface area contributed by atoms with E-state index in [9.17, 15) is 0 Å². The number of benzene rings is 1. The molecular weight excluding hydrogens is 471 g/mol. The van der Waals surface area contributed by atoms with Gasteiger partial charge in [0.2, 0.25) is 0 Å². The maximum absolute atomic E-state index is 4.65. The topological polar surface area (TPSA) is 67.1 Å². The van der Waals surface area contributed by atoms with Crippen LogP contribution in [0.5, 0.6) is 0 Å². The van der Waals surface area contributed by atoms with Crippen molar-refractivity contribution in [3.05, 3.63) is 64.4 Å². The molecule has 0 aliphatic rings. The average molecular weight is 496 g/mol. The molecule has 0 amide bonds. The smallest absolute Gasteiger partial charge is 0.191 e. The maximum atomic E-state index is 4.65. The second-order valence-corrected chi connectivity index (χ2v) is 7.18. The fourth-order valence-electron chi connectivity index (χ4n) is 2.48. The highest BCUT2D eigenvalue weighted by molar-refractivity contribution is 14.0. The summed E-state index contributed by atoms with van der Waals surface area (Å²) in [5, 5.41) is 12.2. The number of para-hydroxylation sites is 1. The van der Waals surface area contributed by atoms with Crippen LogP contribution in [0.25, 0.3) is 5.69 Å². The minimum absolute atomic E-state index is 0. The van der Waals surface area contributed by atoms with Gasteiger partial charge in [0.25, 0.3) is 0 Å². The number of nitrogens with zero attached hydrogens (tertiary/aromatic N) is 4. The van der Waals surface area contributed by atoms with Crippen molar-refractivity contribution in [2.45, 2.75) is 26.8 Å². The van der Waals surface area contributed by atoms with Gasteiger partial charge in [-0.1, -0.05) is 18.2 Å². The number of guanidine groups is 1. The molecular formula is C19H25IN6S. The minimum atomic E-state index is 0. The highest BCUT2D eigenvalue weighted by Gasteiger charge is 2.03. The van der Waals surface area contributed by atoms with Gasteiger partial charge in [-0.2, -0.15) is 5.10 Å². The van der Waals surface area contributed by atoms with Crippen molar-refractivity contribution < 1.29 is 0 Å². The van der Waals surface area contributed by atoms with E-state index in [0.717, 1.165) is 41.7 Å². The van der Waals surface area contributed by atoms with Gasteiger partial charge < -0.3 is 10.6 Å². The maximum Gasteiger partial charge on any atom is 0.191 e. The zero-order valence-electron chi connectivity index (χ0n) is 15.6. The first-order valence-electron chi connectivity index (χ1n) is 8.77. The summed E-state index contributed by atoms with van der Waals surface area (Å²) in [6.07, 6.45) is 6.69. The van der Waals surface area contributed by atoms with E-state index in [1.807, 2.05) is 53.6 Å². The molecule has 3 rings (SSSR count). The molecule has 0 unspecified atom stereocenters. The highest BCUT2D eigenvalue weighted by Crippen LogP contribution is 2.11. The summed E-state index contributed by atoms with van der Waals surface area (Å²) < 4.78 is 1.87. The number of rotatable bonds is 7. The zero-order valence-corrected chi connectivity index (χ0v) is 18.7. The van der Waals surface area contributed by atoms with Gasteiger partial charge in [-0.25, -0.2) is 14.7 Å². The number of hydrogen-bond acceptors (Lipinski definition) is 4. The Morgan fingerprint density at radius 1 is 1.19 bits per heavy atom. The van der Waals surface area contributed by atoms with Gasteiger partial charge in [0.05, 0.1) is 23.4 Å². The van der Waals surface area contributed by atoms with E-state index in [0.29, 0.717) is 6.54 Å². The van der Waals surface area contributed by atoms with E-state index in [1.54, 1.807) is 11.3 Å². The van der Waals surface area contributed by atoms with E-state index in [4.69, 9.17) is 0 Å². The highest BCUT2D eigenvalue weighted by atomic mass is 127. The van der Waals surface area contributed by atoms with Crippen LogP contribution in [0, 0.1) is 6.92 Å². The lowest BCUT2D eigenvalue weighted by Crippen LogP contribution is -2.38. The van der Waals surface area contributed by atoms with Crippen LogP contribution in [0.1, 0.15) is 22.4 Å². The lowest BCUT2D eigenvalue weighted by molar-refractivity contribution is 0.796. The fraction of sp³-hybridized carbons (Fsp3) is 0.316. The molecule has 0 aliphatic carbocycles. The molecule has 0 atom stereocenters. The molecule has 2 heterocycles. The van der Waals surface area contributed by atoms with Crippen LogP contribution in [-0.2, 0) is 13.0 Å². The normalized spacial score (nSPS) is 11.1. The van der Waals surface area contributed by atoms with Crippen LogP contribution in [0.2, 0.25) is 0 Å². The number of aromatic nitrogens is 3. The minimum Gasteiger partial charge on any atom is -0.357 e. The van der Waals surface area contributed by atoms with Crippen molar-refractivity contribution in [2.24, 2.45) is 4.99 Å². The first-order valence-corrected chi connectivity index (χ1v) is 9.58. The first-order chi connectivity index (χ1) is 12.7. The Labute approximate surface area is 181 Å². The average Bonchev–Trinajstić information content (AvgIpc) is 3.29. The van der Waals surface area contributed by atoms with Gasteiger partial charge in [-0.15, -0.1) is 35.3 Å². The molecule has 6 nitrogen and oxygen atoms in total. The molecule has 0 saturated carbocycles. The third kappa shape index (κ3) is 6.62. The standard InChI is InChI=1S/C19H24N6S.HI/c1-3-20-19(21-10-9-18-22-11-15(2)26-18)23-12-16-13-24-25(14-16)17-7-5-4-6-8-17;/h4-8,11,13-14H,3,9-10,12H2,1-2H3,(H2,20,21,23);1H. The van der Waals surface area contributed by atoms with Crippen molar-refractivity contribution in [1.29, 1.82) is 0 Å². The van der Waals surface area contributed by atoms with E-state index in [1.165, 1.54) is 4.88 Å². The molecule has 0 fully saturated rings. The van der Waals surface area contributed by atoms with Gasteiger partial charge in [0, 0.05) is 42.3 Å². The lowest BCUT2D eigenvalue weighted by Gasteiger charge is -2.10. The molecule has 0 spiro atoms. The summed E-state index contributed by atoms with van der Waals surface area (Å²) in [5.74, 6) is 0.813. The van der Waals surface area contributed by atoms with Crippen LogP contribution >= 0.6 is 35.3 Å². The zero-order chi connectivity index (χ0) is 18.2. The van der Waals surface area contributed by atoms with Crippen molar-refractivity contribution in [2.75, 3.05) is 13.1 Å². The summed E-state index contributed by atoms with van der Waals surface area (Å²) in [7, 11) is 0. The Balaban J connectivity index is 0.00000261. The monoisotopic (exact) mass is 496 g/mol. The quantitative estimate of drug-likeness (QED) is 0.298. The molecule has 3 aromatic rings. The molecule has 1 aromatic carbocycles. The van der Waals surface area contributed by atoms with Crippen molar-refractivity contribution in [1.82, 2.24) is 25.4 Å². The van der Waals surface area contributed by atoms with Crippen LogP contribution in [-0.4, -0.2) is 33.8 Å². The van der Waals surface area contributed by atoms with Gasteiger partial charge >= 0.3 is 0 Å². The molecule has 27 heavy (non-hydrogen) atoms. The third-order valence-electron chi connectivity index (χ3n) is 3.72. The van der Waals surface area contributed by atoms with Crippen LogP contribution in [0.4, 0.5) is 0 Å². The van der Waals surface area contributed by atoms with E-state index < -0.39 is 0 Å². The summed E-state index contributed by atoms with van der Waals surface area (Å²) in [6, 6.07) is 10.1. The molecule has 0 saturated heterocycles. The van der Waals surface area contributed by atoms with Gasteiger partial charge in [0.15, 0.2) is 5.96 Å². The first kappa shape index (κ1) is 21.4. The molecule has 144 valence electrons. The Hall–Kier alpha value is -1.94. The Morgan fingerprint density at radius 3 is 2.70 bits per heavy atom. The SMILES string of the molecule is CCNC(=NCc1cnn(-c2ccccc2)c1)NCCc1ncc(C)s1.I. The van der Waals surface area contributed by atoms with Crippen molar-refractivity contribution in [3.63, 3.8) is 0 Å². The second-order valence-electron chi connectivity index (χ2n) is 5.87. The summed E-state index contributed by atoms with van der Waals surface area (Å²) in [6.45, 7) is 6.36. The predicted molar refractivity (Wildman–Crippen MR) is 122 cm³/mol. The number of aryl methyl sites for hydroxylation is 1. The van der Waals surface area contributed by atoms with Gasteiger partial charge in [-0.3, -0.25) is 0 Å². The second kappa shape index (κ2) is 11.0. The van der Waals surface area contributed by atoms with Gasteiger partial charge in [0.1, 0.15) is 0 Å². The Morgan fingerprint density at radius 2 is 2.00 bits per heavy atom. The summed E-state index contributed by atoms with van der Waals surface area (Å²) in [5.41, 5.74) is 2.12.